The van der Waals surface area contributed by atoms with E-state index in [4.69, 9.17) is 0 Å². The largest absolute Gasteiger partial charge is 0.313 e. The average Bonchev–Trinajstić information content (AvgIpc) is 3.06. The number of nitrogens with zero attached hydrogens (tertiary/aromatic N) is 1. The minimum absolute atomic E-state index is 0.639. The van der Waals surface area contributed by atoms with Crippen LogP contribution in [0.3, 0.4) is 0 Å². The molecule has 2 unspecified atom stereocenters. The van der Waals surface area contributed by atoms with Crippen molar-refractivity contribution in [3.05, 3.63) is 33.8 Å². The predicted molar refractivity (Wildman–Crippen MR) is 88.1 cm³/mol. The summed E-state index contributed by atoms with van der Waals surface area (Å²) in [6, 6.07) is 8.20. The topological polar surface area (TPSA) is 15.3 Å². The fourth-order valence-corrected chi connectivity index (χ4v) is 4.21. The quantitative estimate of drug-likeness (QED) is 0.877. The molecule has 1 aliphatic carbocycles. The van der Waals surface area contributed by atoms with E-state index >= 15 is 0 Å². The molecule has 2 nitrogen and oxygen atoms in total. The number of benzene rings is 1. The minimum Gasteiger partial charge on any atom is -0.313 e. The molecule has 0 spiro atoms. The Hall–Kier alpha value is -0.380. The van der Waals surface area contributed by atoms with Crippen molar-refractivity contribution in [1.82, 2.24) is 10.2 Å². The summed E-state index contributed by atoms with van der Waals surface area (Å²) in [4.78, 5) is 2.72. The lowest BCUT2D eigenvalue weighted by molar-refractivity contribution is 0.180. The van der Waals surface area contributed by atoms with Gasteiger partial charge in [-0.2, -0.15) is 0 Å². The summed E-state index contributed by atoms with van der Waals surface area (Å²) < 4.78 is 1.22. The maximum Gasteiger partial charge on any atom is 0.0354 e. The number of hydrogen-bond acceptors (Lipinski definition) is 2. The van der Waals surface area contributed by atoms with Crippen molar-refractivity contribution in [3.8, 4) is 0 Å². The van der Waals surface area contributed by atoms with E-state index in [0.717, 1.165) is 0 Å². The van der Waals surface area contributed by atoms with Crippen LogP contribution in [-0.4, -0.2) is 30.6 Å². The van der Waals surface area contributed by atoms with Crippen molar-refractivity contribution in [2.24, 2.45) is 0 Å². The third-order valence-corrected chi connectivity index (χ3v) is 5.21. The number of nitrogens with one attached hydrogen (secondary N) is 1. The summed E-state index contributed by atoms with van der Waals surface area (Å²) in [6.07, 6.45) is 6.46. The maximum atomic E-state index is 3.65. The van der Waals surface area contributed by atoms with Gasteiger partial charge in [0.15, 0.2) is 0 Å². The van der Waals surface area contributed by atoms with E-state index in [1.54, 1.807) is 11.1 Å². The van der Waals surface area contributed by atoms with Crippen LogP contribution in [0.1, 0.15) is 49.8 Å². The van der Waals surface area contributed by atoms with E-state index in [1.165, 1.54) is 56.2 Å². The average molecular weight is 337 g/mol. The fourth-order valence-electron chi connectivity index (χ4n) is 3.80. The molecule has 1 saturated heterocycles. The molecule has 2 atom stereocenters. The Balaban J connectivity index is 1.75. The molecule has 1 aliphatic heterocycles. The predicted octanol–water partition coefficient (Wildman–Crippen LogP) is 3.90. The van der Waals surface area contributed by atoms with E-state index in [-0.39, 0.29) is 0 Å². The van der Waals surface area contributed by atoms with E-state index in [1.807, 2.05) is 0 Å². The van der Waals surface area contributed by atoms with Crippen molar-refractivity contribution in [3.63, 3.8) is 0 Å². The zero-order valence-corrected chi connectivity index (χ0v) is 14.0. The van der Waals surface area contributed by atoms with Gasteiger partial charge in [-0.05, 0) is 68.5 Å². The lowest BCUT2D eigenvalue weighted by Gasteiger charge is -2.31. The van der Waals surface area contributed by atoms with Gasteiger partial charge in [0.2, 0.25) is 0 Å². The second-order valence-electron chi connectivity index (χ2n) is 6.19. The summed E-state index contributed by atoms with van der Waals surface area (Å²) in [5.74, 6) is 0. The first-order valence-corrected chi connectivity index (χ1v) is 8.83. The first-order valence-electron chi connectivity index (χ1n) is 8.03. The first-order chi connectivity index (χ1) is 9.78. The molecule has 1 fully saturated rings. The molecular weight excluding hydrogens is 312 g/mol. The van der Waals surface area contributed by atoms with Gasteiger partial charge in [-0.1, -0.05) is 28.9 Å². The second-order valence-corrected chi connectivity index (χ2v) is 7.10. The molecule has 20 heavy (non-hydrogen) atoms. The van der Waals surface area contributed by atoms with Crippen molar-refractivity contribution < 1.29 is 0 Å². The highest BCUT2D eigenvalue weighted by atomic mass is 79.9. The number of aryl methyl sites for hydroxylation is 1. The van der Waals surface area contributed by atoms with Crippen LogP contribution in [0.25, 0.3) is 0 Å². The van der Waals surface area contributed by atoms with Crippen LogP contribution in [0.2, 0.25) is 0 Å². The van der Waals surface area contributed by atoms with E-state index < -0.39 is 0 Å². The third kappa shape index (κ3) is 3.10. The Labute approximate surface area is 131 Å². The lowest BCUT2D eigenvalue weighted by atomic mass is 10.1. The standard InChI is InChI=1S/C17H25BrN2/c1-2-10-20(12-15-4-3-9-19-15)17-8-5-13-11-14(18)6-7-16(13)17/h6-7,11,15,17,19H,2-5,8-10,12H2,1H3. The fraction of sp³-hybridized carbons (Fsp3) is 0.647. The second kappa shape index (κ2) is 6.59. The van der Waals surface area contributed by atoms with Crippen molar-refractivity contribution in [2.75, 3.05) is 19.6 Å². The Kier molecular flexibility index (Phi) is 4.79. The lowest BCUT2D eigenvalue weighted by Crippen LogP contribution is -2.39. The maximum absolute atomic E-state index is 3.65. The van der Waals surface area contributed by atoms with Crippen LogP contribution in [-0.2, 0) is 6.42 Å². The smallest absolute Gasteiger partial charge is 0.0354 e. The normalized spacial score (nSPS) is 25.4. The van der Waals surface area contributed by atoms with Crippen molar-refractivity contribution in [2.45, 2.75) is 51.1 Å². The van der Waals surface area contributed by atoms with E-state index in [0.29, 0.717) is 12.1 Å². The highest BCUT2D eigenvalue weighted by Crippen LogP contribution is 2.37. The van der Waals surface area contributed by atoms with Crippen LogP contribution in [0.4, 0.5) is 0 Å². The van der Waals surface area contributed by atoms with Gasteiger partial charge >= 0.3 is 0 Å². The van der Waals surface area contributed by atoms with Gasteiger partial charge in [-0.25, -0.2) is 0 Å². The number of rotatable bonds is 5. The van der Waals surface area contributed by atoms with Gasteiger partial charge in [-0.3, -0.25) is 4.90 Å². The van der Waals surface area contributed by atoms with Crippen LogP contribution >= 0.6 is 15.9 Å². The molecule has 3 heteroatoms. The zero-order chi connectivity index (χ0) is 13.9. The Morgan fingerprint density at radius 1 is 1.35 bits per heavy atom. The first kappa shape index (κ1) is 14.6. The third-order valence-electron chi connectivity index (χ3n) is 4.72. The number of halogens is 1. The summed E-state index contributed by atoms with van der Waals surface area (Å²) >= 11 is 3.60. The molecule has 110 valence electrons. The van der Waals surface area contributed by atoms with Crippen LogP contribution in [0.5, 0.6) is 0 Å². The molecule has 0 amide bonds. The molecule has 1 aromatic carbocycles. The van der Waals surface area contributed by atoms with Gasteiger partial charge < -0.3 is 5.32 Å². The Bertz CT molecular complexity index is 454. The van der Waals surface area contributed by atoms with Crippen LogP contribution in [0, 0.1) is 0 Å². The molecule has 2 aliphatic rings. The Morgan fingerprint density at radius 3 is 3.00 bits per heavy atom. The van der Waals surface area contributed by atoms with Crippen LogP contribution in [0.15, 0.2) is 22.7 Å². The van der Waals surface area contributed by atoms with E-state index in [2.05, 4.69) is 51.3 Å². The molecular formula is C17H25BrN2. The highest BCUT2D eigenvalue weighted by molar-refractivity contribution is 9.10. The van der Waals surface area contributed by atoms with Crippen molar-refractivity contribution in [1.29, 1.82) is 0 Å². The van der Waals surface area contributed by atoms with Crippen LogP contribution < -0.4 is 5.32 Å². The molecule has 0 saturated carbocycles. The van der Waals surface area contributed by atoms with Crippen molar-refractivity contribution >= 4 is 15.9 Å². The molecule has 1 heterocycles. The van der Waals surface area contributed by atoms with Gasteiger partial charge in [-0.15, -0.1) is 0 Å². The molecule has 1 N–H and O–H groups in total. The molecule has 0 bridgehead atoms. The molecule has 0 radical (unpaired) electrons. The van der Waals surface area contributed by atoms with Gasteiger partial charge in [0.25, 0.3) is 0 Å². The molecule has 1 aromatic rings. The van der Waals surface area contributed by atoms with E-state index in [9.17, 15) is 0 Å². The number of hydrogen-bond donors (Lipinski definition) is 1. The van der Waals surface area contributed by atoms with Gasteiger partial charge in [0.1, 0.15) is 0 Å². The summed E-state index contributed by atoms with van der Waals surface area (Å²) in [5.41, 5.74) is 3.12. The monoisotopic (exact) mass is 336 g/mol. The highest BCUT2D eigenvalue weighted by Gasteiger charge is 2.29. The SMILES string of the molecule is CCCN(CC1CCCN1)C1CCc2cc(Br)ccc21. The Morgan fingerprint density at radius 2 is 2.25 bits per heavy atom. The molecule has 3 rings (SSSR count). The van der Waals surface area contributed by atoms with Gasteiger partial charge in [0, 0.05) is 23.1 Å². The number of fused-ring (bicyclic) bond motifs is 1. The zero-order valence-electron chi connectivity index (χ0n) is 12.4. The summed E-state index contributed by atoms with van der Waals surface area (Å²) in [7, 11) is 0. The molecule has 0 aromatic heterocycles. The summed E-state index contributed by atoms with van der Waals surface area (Å²) in [5, 5.41) is 3.65. The minimum atomic E-state index is 0.639. The van der Waals surface area contributed by atoms with Gasteiger partial charge in [0.05, 0.1) is 0 Å². The summed E-state index contributed by atoms with van der Waals surface area (Å²) in [6.45, 7) is 5.94.